The first-order valence-corrected chi connectivity index (χ1v) is 5.89. The maximum Gasteiger partial charge on any atom is 0.234 e. The van der Waals surface area contributed by atoms with Gasteiger partial charge in [-0.05, 0) is 19.3 Å². The summed E-state index contributed by atoms with van der Waals surface area (Å²) in [5.74, 6) is 0.111. The first-order valence-electron chi connectivity index (χ1n) is 5.89. The van der Waals surface area contributed by atoms with Crippen molar-refractivity contribution in [2.45, 2.75) is 38.7 Å². The number of aliphatic hydroxyl groups excluding tert-OH is 1. The highest BCUT2D eigenvalue weighted by Gasteiger charge is 2.18. The molecule has 1 saturated heterocycles. The molecule has 0 aliphatic carbocycles. The molecule has 88 valence electrons. The molecule has 1 amide bonds. The van der Waals surface area contributed by atoms with E-state index in [1.54, 1.807) is 0 Å². The van der Waals surface area contributed by atoms with Crippen molar-refractivity contribution in [2.24, 2.45) is 0 Å². The zero-order valence-corrected chi connectivity index (χ0v) is 9.54. The first-order chi connectivity index (χ1) is 7.22. The number of carbonyl (C=O) groups is 1. The van der Waals surface area contributed by atoms with Gasteiger partial charge in [-0.25, -0.2) is 0 Å². The van der Waals surface area contributed by atoms with E-state index in [0.717, 1.165) is 45.3 Å². The third kappa shape index (κ3) is 5.14. The number of hydrogen-bond acceptors (Lipinski definition) is 3. The molecule has 1 aliphatic rings. The van der Waals surface area contributed by atoms with Gasteiger partial charge in [0, 0.05) is 19.6 Å². The molecule has 0 bridgehead atoms. The molecule has 4 nitrogen and oxygen atoms in total. The number of rotatable bonds is 5. The highest BCUT2D eigenvalue weighted by Crippen LogP contribution is 2.08. The molecule has 1 fully saturated rings. The number of aliphatic hydroxyl groups is 1. The lowest BCUT2D eigenvalue weighted by molar-refractivity contribution is -0.122. The van der Waals surface area contributed by atoms with Crippen molar-refractivity contribution in [1.29, 1.82) is 0 Å². The van der Waals surface area contributed by atoms with Crippen LogP contribution in [0.15, 0.2) is 0 Å². The van der Waals surface area contributed by atoms with Crippen LogP contribution in [0.2, 0.25) is 0 Å². The molecule has 0 unspecified atom stereocenters. The molecular formula is C11H22N2O2. The van der Waals surface area contributed by atoms with E-state index in [0.29, 0.717) is 6.54 Å². The number of amides is 1. The second kappa shape index (κ2) is 6.80. The molecule has 0 aromatic heterocycles. The zero-order chi connectivity index (χ0) is 11.1. The minimum Gasteiger partial charge on any atom is -0.393 e. The van der Waals surface area contributed by atoms with Crippen molar-refractivity contribution >= 4 is 5.91 Å². The molecule has 0 aromatic carbocycles. The normalized spacial score (nSPS) is 19.1. The largest absolute Gasteiger partial charge is 0.393 e. The summed E-state index contributed by atoms with van der Waals surface area (Å²) in [6.45, 7) is 5.05. The van der Waals surface area contributed by atoms with Gasteiger partial charge in [-0.3, -0.25) is 9.69 Å². The van der Waals surface area contributed by atoms with Gasteiger partial charge in [0.05, 0.1) is 12.6 Å². The standard InChI is InChI=1S/C11H22N2O2/c1-2-3-6-12-11(15)9-13-7-4-10(14)5-8-13/h10,14H,2-9H2,1H3,(H,12,15). The predicted molar refractivity (Wildman–Crippen MR) is 59.6 cm³/mol. The summed E-state index contributed by atoms with van der Waals surface area (Å²) in [4.78, 5) is 13.6. The maximum absolute atomic E-state index is 11.5. The molecule has 0 spiro atoms. The molecule has 0 aromatic rings. The Morgan fingerprint density at radius 2 is 2.13 bits per heavy atom. The van der Waals surface area contributed by atoms with E-state index in [4.69, 9.17) is 0 Å². The molecule has 1 aliphatic heterocycles. The zero-order valence-electron chi connectivity index (χ0n) is 9.54. The number of nitrogens with one attached hydrogen (secondary N) is 1. The summed E-state index contributed by atoms with van der Waals surface area (Å²) in [6.07, 6.45) is 3.58. The summed E-state index contributed by atoms with van der Waals surface area (Å²) in [6, 6.07) is 0. The number of carbonyl (C=O) groups excluding carboxylic acids is 1. The van der Waals surface area contributed by atoms with Crippen molar-refractivity contribution in [1.82, 2.24) is 10.2 Å². The Bertz CT molecular complexity index is 189. The van der Waals surface area contributed by atoms with Crippen LogP contribution in [0.4, 0.5) is 0 Å². The lowest BCUT2D eigenvalue weighted by Gasteiger charge is -2.28. The second-order valence-corrected chi connectivity index (χ2v) is 4.21. The Balaban J connectivity index is 2.09. The summed E-state index contributed by atoms with van der Waals surface area (Å²) < 4.78 is 0. The van der Waals surface area contributed by atoms with Crippen molar-refractivity contribution in [3.8, 4) is 0 Å². The fourth-order valence-electron chi connectivity index (χ4n) is 1.74. The van der Waals surface area contributed by atoms with Gasteiger partial charge in [-0.15, -0.1) is 0 Å². The van der Waals surface area contributed by atoms with Gasteiger partial charge in [0.25, 0.3) is 0 Å². The van der Waals surface area contributed by atoms with E-state index < -0.39 is 0 Å². The summed E-state index contributed by atoms with van der Waals surface area (Å²) in [5, 5.41) is 12.2. The Morgan fingerprint density at radius 3 is 2.73 bits per heavy atom. The number of likely N-dealkylation sites (tertiary alicyclic amines) is 1. The molecule has 4 heteroatoms. The number of unbranched alkanes of at least 4 members (excludes halogenated alkanes) is 1. The van der Waals surface area contributed by atoms with Crippen LogP contribution in [0.5, 0.6) is 0 Å². The lowest BCUT2D eigenvalue weighted by atomic mass is 10.1. The SMILES string of the molecule is CCCCNC(=O)CN1CCC(O)CC1. The van der Waals surface area contributed by atoms with E-state index >= 15 is 0 Å². The molecule has 1 heterocycles. The fraction of sp³-hybridized carbons (Fsp3) is 0.909. The second-order valence-electron chi connectivity index (χ2n) is 4.21. The number of nitrogens with zero attached hydrogens (tertiary/aromatic N) is 1. The Kier molecular flexibility index (Phi) is 5.65. The van der Waals surface area contributed by atoms with Crippen molar-refractivity contribution in [3.05, 3.63) is 0 Å². The quantitative estimate of drug-likeness (QED) is 0.650. The van der Waals surface area contributed by atoms with Crippen molar-refractivity contribution in [2.75, 3.05) is 26.2 Å². The summed E-state index contributed by atoms with van der Waals surface area (Å²) >= 11 is 0. The van der Waals surface area contributed by atoms with E-state index in [-0.39, 0.29) is 12.0 Å². The van der Waals surface area contributed by atoms with Gasteiger partial charge in [-0.1, -0.05) is 13.3 Å². The topological polar surface area (TPSA) is 52.6 Å². The van der Waals surface area contributed by atoms with Crippen molar-refractivity contribution in [3.63, 3.8) is 0 Å². The molecule has 0 atom stereocenters. The summed E-state index contributed by atoms with van der Waals surface area (Å²) in [5.41, 5.74) is 0. The maximum atomic E-state index is 11.5. The van der Waals surface area contributed by atoms with Gasteiger partial charge >= 0.3 is 0 Å². The Hall–Kier alpha value is -0.610. The van der Waals surface area contributed by atoms with Gasteiger partial charge in [-0.2, -0.15) is 0 Å². The van der Waals surface area contributed by atoms with Gasteiger partial charge < -0.3 is 10.4 Å². The van der Waals surface area contributed by atoms with E-state index in [1.165, 1.54) is 0 Å². The summed E-state index contributed by atoms with van der Waals surface area (Å²) in [7, 11) is 0. The fourth-order valence-corrected chi connectivity index (χ4v) is 1.74. The van der Waals surface area contributed by atoms with Crippen LogP contribution < -0.4 is 5.32 Å². The minimum absolute atomic E-state index is 0.111. The van der Waals surface area contributed by atoms with Crippen molar-refractivity contribution < 1.29 is 9.90 Å². The third-order valence-corrected chi connectivity index (χ3v) is 2.78. The Labute approximate surface area is 91.6 Å². The van der Waals surface area contributed by atoms with Crippen LogP contribution in [0.1, 0.15) is 32.6 Å². The average molecular weight is 214 g/mol. The monoisotopic (exact) mass is 214 g/mol. The number of hydrogen-bond donors (Lipinski definition) is 2. The molecule has 15 heavy (non-hydrogen) atoms. The molecule has 0 radical (unpaired) electrons. The molecule has 2 N–H and O–H groups in total. The molecule has 1 rings (SSSR count). The first kappa shape index (κ1) is 12.5. The van der Waals surface area contributed by atoms with Crippen LogP contribution in [0.3, 0.4) is 0 Å². The predicted octanol–water partition coefficient (Wildman–Crippen LogP) is 0.359. The molecule has 0 saturated carbocycles. The van der Waals surface area contributed by atoms with Crippen LogP contribution >= 0.6 is 0 Å². The highest BCUT2D eigenvalue weighted by molar-refractivity contribution is 5.77. The third-order valence-electron chi connectivity index (χ3n) is 2.78. The van der Waals surface area contributed by atoms with Gasteiger partial charge in [0.1, 0.15) is 0 Å². The average Bonchev–Trinajstić information content (AvgIpc) is 2.22. The van der Waals surface area contributed by atoms with Gasteiger partial charge in [0.15, 0.2) is 0 Å². The Morgan fingerprint density at radius 1 is 1.47 bits per heavy atom. The van der Waals surface area contributed by atoms with Crippen LogP contribution in [-0.4, -0.2) is 48.2 Å². The molecular weight excluding hydrogens is 192 g/mol. The highest BCUT2D eigenvalue weighted by atomic mass is 16.3. The van der Waals surface area contributed by atoms with E-state index in [1.807, 2.05) is 0 Å². The minimum atomic E-state index is -0.163. The number of piperidine rings is 1. The van der Waals surface area contributed by atoms with E-state index in [2.05, 4.69) is 17.1 Å². The lowest BCUT2D eigenvalue weighted by Crippen LogP contribution is -2.42. The smallest absolute Gasteiger partial charge is 0.234 e. The van der Waals surface area contributed by atoms with Gasteiger partial charge in [0.2, 0.25) is 5.91 Å². The van der Waals surface area contributed by atoms with Crippen LogP contribution in [-0.2, 0) is 4.79 Å². The van der Waals surface area contributed by atoms with E-state index in [9.17, 15) is 9.90 Å². The van der Waals surface area contributed by atoms with Crippen LogP contribution in [0, 0.1) is 0 Å². The van der Waals surface area contributed by atoms with Crippen LogP contribution in [0.25, 0.3) is 0 Å².